The van der Waals surface area contributed by atoms with Gasteiger partial charge in [-0.2, -0.15) is 0 Å². The maximum absolute atomic E-state index is 8.41. The Hall–Kier alpha value is -2.77. The second kappa shape index (κ2) is 10.9. The van der Waals surface area contributed by atoms with Gasteiger partial charge in [-0.15, -0.1) is 11.8 Å². The van der Waals surface area contributed by atoms with Gasteiger partial charge in [-0.1, -0.05) is 18.2 Å². The number of nitrogens with zero attached hydrogens (tertiary/aromatic N) is 3. The van der Waals surface area contributed by atoms with Crippen LogP contribution in [0.2, 0.25) is 0 Å². The highest BCUT2D eigenvalue weighted by molar-refractivity contribution is 8.04. The van der Waals surface area contributed by atoms with E-state index in [1.54, 1.807) is 11.8 Å². The average molecular weight is 490 g/mol. The molecule has 3 aromatic rings. The molecule has 3 heterocycles. The first-order chi connectivity index (χ1) is 17.1. The first kappa shape index (κ1) is 23.9. The molecule has 6 nitrogen and oxygen atoms in total. The van der Waals surface area contributed by atoms with E-state index in [4.69, 9.17) is 15.1 Å². The van der Waals surface area contributed by atoms with Gasteiger partial charge in [0.2, 0.25) is 0 Å². The Kier molecular flexibility index (Phi) is 7.44. The molecule has 1 saturated heterocycles. The maximum atomic E-state index is 8.41. The fraction of sp³-hybridized carbons (Fsp3) is 0.429. The van der Waals surface area contributed by atoms with Crippen molar-refractivity contribution in [3.63, 3.8) is 0 Å². The summed E-state index contributed by atoms with van der Waals surface area (Å²) < 4.78 is 8.02. The molecular formula is C28H35N5OS. The molecule has 0 radical (unpaired) electrons. The number of rotatable bonds is 9. The lowest BCUT2D eigenvalue weighted by Crippen LogP contribution is -2.26. The van der Waals surface area contributed by atoms with E-state index >= 15 is 0 Å². The molecule has 0 bridgehead atoms. The van der Waals surface area contributed by atoms with E-state index in [0.29, 0.717) is 18.5 Å². The van der Waals surface area contributed by atoms with Crippen molar-refractivity contribution in [3.05, 3.63) is 64.8 Å². The van der Waals surface area contributed by atoms with Crippen LogP contribution in [-0.2, 0) is 13.0 Å². The van der Waals surface area contributed by atoms with E-state index < -0.39 is 0 Å². The second-order valence-electron chi connectivity index (χ2n) is 9.41. The molecule has 1 unspecified atom stereocenters. The van der Waals surface area contributed by atoms with Crippen molar-refractivity contribution in [2.45, 2.75) is 51.6 Å². The summed E-state index contributed by atoms with van der Waals surface area (Å²) in [5, 5.41) is 11.7. The summed E-state index contributed by atoms with van der Waals surface area (Å²) in [5.41, 5.74) is 4.30. The molecule has 2 aliphatic rings. The highest BCUT2D eigenvalue weighted by Gasteiger charge is 2.22. The summed E-state index contributed by atoms with van der Waals surface area (Å²) in [4.78, 5) is 8.61. The molecule has 1 aromatic heterocycles. The van der Waals surface area contributed by atoms with Gasteiger partial charge in [0.1, 0.15) is 17.4 Å². The number of hydrogen-bond donors (Lipinski definition) is 2. The zero-order valence-corrected chi connectivity index (χ0v) is 21.5. The number of aryl methyl sites for hydroxylation is 1. The number of thioether (sulfide) groups is 1. The molecule has 0 spiro atoms. The van der Waals surface area contributed by atoms with E-state index in [9.17, 15) is 0 Å². The first-order valence-corrected chi connectivity index (χ1v) is 13.7. The van der Waals surface area contributed by atoms with Crippen LogP contribution in [0, 0.1) is 5.41 Å². The van der Waals surface area contributed by atoms with Gasteiger partial charge in [0, 0.05) is 35.4 Å². The van der Waals surface area contributed by atoms with Crippen molar-refractivity contribution in [2.24, 2.45) is 0 Å². The van der Waals surface area contributed by atoms with Crippen LogP contribution < -0.4 is 10.1 Å². The Morgan fingerprint density at radius 3 is 2.80 bits per heavy atom. The summed E-state index contributed by atoms with van der Waals surface area (Å²) in [6.45, 7) is 4.84. The SMILES string of the molecule is CCOc1ccc(Cc2nc3cc(NC(=N)C4=CCCS4)ccc3n2CCC2CCCN2C)cc1. The van der Waals surface area contributed by atoms with E-state index in [1.807, 2.05) is 19.1 Å². The lowest BCUT2D eigenvalue weighted by Gasteiger charge is -2.20. The van der Waals surface area contributed by atoms with Gasteiger partial charge in [0.05, 0.1) is 17.6 Å². The third-order valence-electron chi connectivity index (χ3n) is 7.00. The molecule has 2 N–H and O–H groups in total. The minimum Gasteiger partial charge on any atom is -0.494 e. The van der Waals surface area contributed by atoms with Gasteiger partial charge < -0.3 is 19.5 Å². The molecule has 1 fully saturated rings. The van der Waals surface area contributed by atoms with Gasteiger partial charge in [0.25, 0.3) is 0 Å². The van der Waals surface area contributed by atoms with Gasteiger partial charge >= 0.3 is 0 Å². The Morgan fingerprint density at radius 1 is 1.23 bits per heavy atom. The predicted octanol–water partition coefficient (Wildman–Crippen LogP) is 5.92. The summed E-state index contributed by atoms with van der Waals surface area (Å²) in [7, 11) is 2.25. The normalized spacial score (nSPS) is 18.2. The number of aromatic nitrogens is 2. The topological polar surface area (TPSA) is 66.2 Å². The van der Waals surface area contributed by atoms with E-state index in [-0.39, 0.29) is 0 Å². The van der Waals surface area contributed by atoms with Crippen molar-refractivity contribution in [1.29, 1.82) is 5.41 Å². The molecule has 5 rings (SSSR count). The van der Waals surface area contributed by atoms with Gasteiger partial charge in [-0.25, -0.2) is 4.98 Å². The number of likely N-dealkylation sites (tertiary alicyclic amines) is 1. The van der Waals surface area contributed by atoms with Gasteiger partial charge in [0.15, 0.2) is 0 Å². The number of allylic oxidation sites excluding steroid dienone is 1. The van der Waals surface area contributed by atoms with Crippen LogP contribution in [0.15, 0.2) is 53.4 Å². The van der Waals surface area contributed by atoms with Crippen molar-refractivity contribution < 1.29 is 4.74 Å². The van der Waals surface area contributed by atoms with Crippen molar-refractivity contribution in [2.75, 3.05) is 31.3 Å². The third kappa shape index (κ3) is 5.57. The fourth-order valence-corrected chi connectivity index (χ4v) is 6.00. The smallest absolute Gasteiger partial charge is 0.136 e. The first-order valence-electron chi connectivity index (χ1n) is 12.7. The molecule has 35 heavy (non-hydrogen) atoms. The average Bonchev–Trinajstić information content (AvgIpc) is 3.60. The van der Waals surface area contributed by atoms with E-state index in [0.717, 1.165) is 64.8 Å². The second-order valence-corrected chi connectivity index (χ2v) is 10.5. The Morgan fingerprint density at radius 2 is 2.09 bits per heavy atom. The molecule has 1 atom stereocenters. The monoisotopic (exact) mass is 489 g/mol. The van der Waals surface area contributed by atoms with Crippen LogP contribution in [0.3, 0.4) is 0 Å². The molecule has 2 aliphatic heterocycles. The maximum Gasteiger partial charge on any atom is 0.136 e. The Labute approximate surface area is 212 Å². The summed E-state index contributed by atoms with van der Waals surface area (Å²) in [5.74, 6) is 3.53. The van der Waals surface area contributed by atoms with E-state index in [1.165, 1.54) is 24.9 Å². The van der Waals surface area contributed by atoms with Crippen LogP contribution in [0.1, 0.15) is 44.0 Å². The van der Waals surface area contributed by atoms with Crippen molar-refractivity contribution in [3.8, 4) is 5.75 Å². The molecule has 0 saturated carbocycles. The third-order valence-corrected chi connectivity index (χ3v) is 8.12. The standard InChI is InChI=1S/C28H35N5OS/c1-3-34-23-11-8-20(9-12-23)18-27-31-24-19-21(30-28(29)26-7-5-17-35-26)10-13-25(24)33(27)16-14-22-6-4-15-32(22)2/h7-13,19,22H,3-6,14-18H2,1-2H3,(H2,29,30). The number of imidazole rings is 1. The number of ether oxygens (including phenoxy) is 1. The minimum absolute atomic E-state index is 0.477. The largest absolute Gasteiger partial charge is 0.494 e. The molecule has 0 aliphatic carbocycles. The lowest BCUT2D eigenvalue weighted by molar-refractivity contribution is 0.286. The predicted molar refractivity (Wildman–Crippen MR) is 147 cm³/mol. The number of amidine groups is 1. The number of nitrogens with one attached hydrogen (secondary N) is 2. The quantitative estimate of drug-likeness (QED) is 0.288. The summed E-state index contributed by atoms with van der Waals surface area (Å²) >= 11 is 1.75. The Bertz CT molecular complexity index is 1220. The zero-order chi connectivity index (χ0) is 24.2. The van der Waals surface area contributed by atoms with Crippen LogP contribution in [-0.4, -0.2) is 52.3 Å². The van der Waals surface area contributed by atoms with Crippen LogP contribution >= 0.6 is 11.8 Å². The van der Waals surface area contributed by atoms with Crippen LogP contribution in [0.4, 0.5) is 5.69 Å². The van der Waals surface area contributed by atoms with Crippen molar-refractivity contribution >= 4 is 34.3 Å². The van der Waals surface area contributed by atoms with Crippen LogP contribution in [0.5, 0.6) is 5.75 Å². The summed E-state index contributed by atoms with van der Waals surface area (Å²) in [6, 6.07) is 15.3. The number of hydrogen-bond acceptors (Lipinski definition) is 5. The van der Waals surface area contributed by atoms with Gasteiger partial charge in [-0.3, -0.25) is 5.41 Å². The highest BCUT2D eigenvalue weighted by atomic mass is 32.2. The molecule has 0 amide bonds. The molecule has 7 heteroatoms. The van der Waals surface area contributed by atoms with Gasteiger partial charge in [-0.05, 0) is 82.1 Å². The molecule has 2 aromatic carbocycles. The van der Waals surface area contributed by atoms with Crippen LogP contribution in [0.25, 0.3) is 11.0 Å². The summed E-state index contributed by atoms with van der Waals surface area (Å²) in [6.07, 6.45) is 7.67. The Balaban J connectivity index is 1.41. The number of anilines is 1. The fourth-order valence-electron chi connectivity index (χ4n) is 5.11. The zero-order valence-electron chi connectivity index (χ0n) is 20.7. The highest BCUT2D eigenvalue weighted by Crippen LogP contribution is 2.28. The number of fused-ring (bicyclic) bond motifs is 1. The minimum atomic E-state index is 0.477. The molecular weight excluding hydrogens is 454 g/mol. The van der Waals surface area contributed by atoms with Crippen molar-refractivity contribution in [1.82, 2.24) is 14.5 Å². The number of benzene rings is 2. The van der Waals surface area contributed by atoms with E-state index in [2.05, 4.69) is 58.2 Å². The molecule has 184 valence electrons. The lowest BCUT2D eigenvalue weighted by atomic mass is 10.1.